The number of benzene rings is 2. The molecule has 0 spiro atoms. The van der Waals surface area contributed by atoms with Crippen LogP contribution in [-0.4, -0.2) is 41.9 Å². The second kappa shape index (κ2) is 7.41. The van der Waals surface area contributed by atoms with Crippen LogP contribution in [0.5, 0.6) is 0 Å². The minimum atomic E-state index is -0.431. The molecule has 25 heavy (non-hydrogen) atoms. The zero-order valence-corrected chi connectivity index (χ0v) is 15.5. The molecule has 0 unspecified atom stereocenters. The summed E-state index contributed by atoms with van der Waals surface area (Å²) in [5.41, 5.74) is 1.13. The average molecular weight is 425 g/mol. The third-order valence-corrected chi connectivity index (χ3v) is 5.07. The second-order valence-corrected chi connectivity index (χ2v) is 6.94. The molecule has 0 atom stereocenters. The molecule has 0 aliphatic carbocycles. The van der Waals surface area contributed by atoms with Gasteiger partial charge >= 0.3 is 0 Å². The van der Waals surface area contributed by atoms with Gasteiger partial charge in [0.2, 0.25) is 0 Å². The van der Waals surface area contributed by atoms with Crippen LogP contribution >= 0.6 is 27.5 Å². The number of nitro benzene ring substituents is 1. The molecule has 2 aromatic rings. The summed E-state index contributed by atoms with van der Waals surface area (Å²) in [6.07, 6.45) is 0. The number of nitro groups is 1. The molecule has 1 heterocycles. The van der Waals surface area contributed by atoms with E-state index < -0.39 is 4.92 Å². The predicted octanol–water partition coefficient (Wildman–Crippen LogP) is 3.97. The third kappa shape index (κ3) is 3.77. The molecule has 0 aromatic heterocycles. The average Bonchev–Trinajstić information content (AvgIpc) is 2.61. The van der Waals surface area contributed by atoms with Crippen LogP contribution in [0.25, 0.3) is 0 Å². The number of rotatable bonds is 3. The van der Waals surface area contributed by atoms with Crippen molar-refractivity contribution < 1.29 is 9.72 Å². The summed E-state index contributed by atoms with van der Waals surface area (Å²) in [4.78, 5) is 27.1. The quantitative estimate of drug-likeness (QED) is 0.552. The number of carbonyl (C=O) groups excluding carboxylic acids is 1. The van der Waals surface area contributed by atoms with E-state index in [0.717, 1.165) is 4.47 Å². The van der Waals surface area contributed by atoms with Crippen molar-refractivity contribution in [3.63, 3.8) is 0 Å². The van der Waals surface area contributed by atoms with Gasteiger partial charge in [0.1, 0.15) is 5.69 Å². The first-order valence-electron chi connectivity index (χ1n) is 7.70. The Hall–Kier alpha value is -2.12. The fourth-order valence-corrected chi connectivity index (χ4v) is 3.49. The van der Waals surface area contributed by atoms with Crippen molar-refractivity contribution >= 4 is 44.8 Å². The van der Waals surface area contributed by atoms with Gasteiger partial charge < -0.3 is 9.80 Å². The van der Waals surface area contributed by atoms with Gasteiger partial charge in [-0.05, 0) is 40.2 Å². The van der Waals surface area contributed by atoms with Gasteiger partial charge in [0.15, 0.2) is 0 Å². The Morgan fingerprint density at radius 1 is 1.12 bits per heavy atom. The van der Waals surface area contributed by atoms with Gasteiger partial charge in [0.25, 0.3) is 11.6 Å². The van der Waals surface area contributed by atoms with Crippen molar-refractivity contribution in [2.45, 2.75) is 0 Å². The molecule has 1 amide bonds. The van der Waals surface area contributed by atoms with Gasteiger partial charge in [-0.15, -0.1) is 0 Å². The minimum absolute atomic E-state index is 0.0157. The maximum absolute atomic E-state index is 12.6. The van der Waals surface area contributed by atoms with Crippen LogP contribution in [0.4, 0.5) is 11.4 Å². The molecule has 1 aliphatic rings. The minimum Gasteiger partial charge on any atom is -0.362 e. The number of piperazine rings is 1. The molecule has 3 rings (SSSR count). The molecule has 1 saturated heterocycles. The smallest absolute Gasteiger partial charge is 0.294 e. The van der Waals surface area contributed by atoms with Crippen LogP contribution < -0.4 is 4.90 Å². The summed E-state index contributed by atoms with van der Waals surface area (Å²) < 4.78 is 0.760. The molecule has 130 valence electrons. The van der Waals surface area contributed by atoms with Crippen molar-refractivity contribution in [1.29, 1.82) is 0 Å². The highest BCUT2D eigenvalue weighted by Crippen LogP contribution is 2.31. The lowest BCUT2D eigenvalue weighted by Gasteiger charge is -2.36. The normalized spacial score (nSPS) is 14.5. The maximum atomic E-state index is 12.6. The molecular formula is C17H15BrClN3O3. The van der Waals surface area contributed by atoms with E-state index in [0.29, 0.717) is 42.5 Å². The standard InChI is InChI=1S/C17H15BrClN3O3/c18-14-4-2-1-3-13(14)17(23)21-9-7-20(8-10-21)15-6-5-12(19)11-16(15)22(24)25/h1-6,11H,7-10H2. The van der Waals surface area contributed by atoms with E-state index in [4.69, 9.17) is 11.6 Å². The third-order valence-electron chi connectivity index (χ3n) is 4.15. The van der Waals surface area contributed by atoms with Crippen LogP contribution in [0, 0.1) is 10.1 Å². The van der Waals surface area contributed by atoms with Crippen molar-refractivity contribution in [2.75, 3.05) is 31.1 Å². The van der Waals surface area contributed by atoms with Crippen molar-refractivity contribution in [3.05, 3.63) is 67.6 Å². The second-order valence-electron chi connectivity index (χ2n) is 5.65. The van der Waals surface area contributed by atoms with E-state index in [-0.39, 0.29) is 11.6 Å². The summed E-state index contributed by atoms with van der Waals surface area (Å²) in [6, 6.07) is 12.0. The molecule has 1 aliphatic heterocycles. The molecule has 0 saturated carbocycles. The molecule has 8 heteroatoms. The van der Waals surface area contributed by atoms with Crippen LogP contribution in [0.2, 0.25) is 5.02 Å². The predicted molar refractivity (Wildman–Crippen MR) is 100 cm³/mol. The maximum Gasteiger partial charge on any atom is 0.294 e. The molecule has 2 aromatic carbocycles. The molecule has 0 N–H and O–H groups in total. The first-order chi connectivity index (χ1) is 12.0. The Morgan fingerprint density at radius 3 is 2.44 bits per heavy atom. The lowest BCUT2D eigenvalue weighted by molar-refractivity contribution is -0.384. The highest BCUT2D eigenvalue weighted by molar-refractivity contribution is 9.10. The van der Waals surface area contributed by atoms with Crippen molar-refractivity contribution in [1.82, 2.24) is 4.90 Å². The number of amides is 1. The first kappa shape index (κ1) is 17.7. The zero-order chi connectivity index (χ0) is 18.0. The number of halogens is 2. The lowest BCUT2D eigenvalue weighted by atomic mass is 10.1. The van der Waals surface area contributed by atoms with Gasteiger partial charge in [0, 0.05) is 41.7 Å². The van der Waals surface area contributed by atoms with Crippen LogP contribution in [0.1, 0.15) is 10.4 Å². The van der Waals surface area contributed by atoms with E-state index in [9.17, 15) is 14.9 Å². The van der Waals surface area contributed by atoms with E-state index in [1.54, 1.807) is 23.1 Å². The van der Waals surface area contributed by atoms with Crippen molar-refractivity contribution in [2.24, 2.45) is 0 Å². The summed E-state index contributed by atoms with van der Waals surface area (Å²) in [5, 5.41) is 11.6. The summed E-state index contributed by atoms with van der Waals surface area (Å²) in [6.45, 7) is 2.05. The number of carbonyl (C=O) groups is 1. The highest BCUT2D eigenvalue weighted by Gasteiger charge is 2.27. The Labute approximate surface area is 158 Å². The highest BCUT2D eigenvalue weighted by atomic mass is 79.9. The van der Waals surface area contributed by atoms with Gasteiger partial charge in [-0.2, -0.15) is 0 Å². The van der Waals surface area contributed by atoms with E-state index in [1.807, 2.05) is 23.1 Å². The number of hydrogen-bond acceptors (Lipinski definition) is 4. The Balaban J connectivity index is 1.74. The topological polar surface area (TPSA) is 66.7 Å². The molecule has 6 nitrogen and oxygen atoms in total. The number of hydrogen-bond donors (Lipinski definition) is 0. The Morgan fingerprint density at radius 2 is 1.80 bits per heavy atom. The number of nitrogens with zero attached hydrogens (tertiary/aromatic N) is 3. The fourth-order valence-electron chi connectivity index (χ4n) is 2.87. The lowest BCUT2D eigenvalue weighted by Crippen LogP contribution is -2.49. The van der Waals surface area contributed by atoms with Crippen LogP contribution in [-0.2, 0) is 0 Å². The van der Waals surface area contributed by atoms with Gasteiger partial charge in [-0.1, -0.05) is 23.7 Å². The molecular weight excluding hydrogens is 410 g/mol. The molecule has 1 fully saturated rings. The molecule has 0 radical (unpaired) electrons. The Kier molecular flexibility index (Phi) is 5.24. The largest absolute Gasteiger partial charge is 0.362 e. The van der Waals surface area contributed by atoms with Gasteiger partial charge in [-0.25, -0.2) is 0 Å². The summed E-state index contributed by atoms with van der Waals surface area (Å²) in [5.74, 6) is -0.0438. The fraction of sp³-hybridized carbons (Fsp3) is 0.235. The van der Waals surface area contributed by atoms with Gasteiger partial charge in [0.05, 0.1) is 10.5 Å². The molecule has 0 bridgehead atoms. The van der Waals surface area contributed by atoms with E-state index in [1.165, 1.54) is 6.07 Å². The first-order valence-corrected chi connectivity index (χ1v) is 8.87. The number of anilines is 1. The van der Waals surface area contributed by atoms with Crippen LogP contribution in [0.3, 0.4) is 0 Å². The SMILES string of the molecule is O=C(c1ccccc1Br)N1CCN(c2ccc(Cl)cc2[N+](=O)[O-])CC1. The monoisotopic (exact) mass is 423 g/mol. The summed E-state index contributed by atoms with van der Waals surface area (Å²) in [7, 11) is 0. The van der Waals surface area contributed by atoms with Crippen molar-refractivity contribution in [3.8, 4) is 0 Å². The zero-order valence-electron chi connectivity index (χ0n) is 13.2. The van der Waals surface area contributed by atoms with Crippen LogP contribution in [0.15, 0.2) is 46.9 Å². The summed E-state index contributed by atoms with van der Waals surface area (Å²) >= 11 is 9.27. The Bertz CT molecular complexity index is 823. The van der Waals surface area contributed by atoms with E-state index in [2.05, 4.69) is 15.9 Å². The van der Waals surface area contributed by atoms with E-state index >= 15 is 0 Å². The van der Waals surface area contributed by atoms with Gasteiger partial charge in [-0.3, -0.25) is 14.9 Å².